The Morgan fingerprint density at radius 1 is 1.23 bits per heavy atom. The highest BCUT2D eigenvalue weighted by Crippen LogP contribution is 2.29. The Balaban J connectivity index is 1.82. The molecule has 0 spiro atoms. The first-order chi connectivity index (χ1) is 14.8. The molecule has 0 aliphatic heterocycles. The molecule has 0 bridgehead atoms. The fourth-order valence-corrected chi connectivity index (χ4v) is 3.83. The zero-order valence-electron chi connectivity index (χ0n) is 18.2. The van der Waals surface area contributed by atoms with E-state index in [1.165, 1.54) is 11.8 Å². The van der Waals surface area contributed by atoms with Gasteiger partial charge in [-0.2, -0.15) is 0 Å². The number of anilines is 1. The highest BCUT2D eigenvalue weighted by Gasteiger charge is 2.21. The molecular formula is C22H26ClN5O2S. The number of aromatic nitrogens is 3. The number of nitrogens with one attached hydrogen (secondary N) is 1. The molecule has 0 fully saturated rings. The summed E-state index contributed by atoms with van der Waals surface area (Å²) in [6.07, 6.45) is 0. The summed E-state index contributed by atoms with van der Waals surface area (Å²) in [6, 6.07) is 13.2. The van der Waals surface area contributed by atoms with Crippen LogP contribution in [0.5, 0.6) is 5.75 Å². The monoisotopic (exact) mass is 459 g/mol. The quantitative estimate of drug-likeness (QED) is 0.496. The van der Waals surface area contributed by atoms with Gasteiger partial charge in [0.1, 0.15) is 5.75 Å². The van der Waals surface area contributed by atoms with Crippen molar-refractivity contribution in [2.45, 2.75) is 25.0 Å². The number of hydrogen-bond acceptors (Lipinski definition) is 6. The van der Waals surface area contributed by atoms with Gasteiger partial charge in [0.05, 0.1) is 24.6 Å². The van der Waals surface area contributed by atoms with Crippen LogP contribution >= 0.6 is 23.4 Å². The van der Waals surface area contributed by atoms with E-state index >= 15 is 0 Å². The molecule has 0 saturated heterocycles. The lowest BCUT2D eigenvalue weighted by atomic mass is 10.2. The molecule has 3 aromatic rings. The van der Waals surface area contributed by atoms with Crippen LogP contribution < -0.4 is 10.1 Å². The van der Waals surface area contributed by atoms with Crippen LogP contribution in [0.25, 0.3) is 5.69 Å². The molecular weight excluding hydrogens is 434 g/mol. The summed E-state index contributed by atoms with van der Waals surface area (Å²) in [5.74, 6) is 1.44. The van der Waals surface area contributed by atoms with E-state index in [0.717, 1.165) is 17.1 Å². The number of carbonyl (C=O) groups excluding carboxylic acids is 1. The highest BCUT2D eigenvalue weighted by molar-refractivity contribution is 7.99. The maximum absolute atomic E-state index is 12.6. The molecule has 0 aliphatic rings. The first-order valence-corrected chi connectivity index (χ1v) is 11.1. The summed E-state index contributed by atoms with van der Waals surface area (Å²) in [5.41, 5.74) is 2.57. The van der Waals surface area contributed by atoms with E-state index in [0.29, 0.717) is 21.6 Å². The molecule has 1 heterocycles. The van der Waals surface area contributed by atoms with Gasteiger partial charge in [-0.1, -0.05) is 29.4 Å². The number of hydrogen-bond donors (Lipinski definition) is 1. The maximum Gasteiger partial charge on any atom is 0.234 e. The minimum absolute atomic E-state index is 0.0305. The van der Waals surface area contributed by atoms with Crippen LogP contribution in [0.15, 0.2) is 47.6 Å². The van der Waals surface area contributed by atoms with Gasteiger partial charge in [0.2, 0.25) is 5.91 Å². The number of halogens is 1. The van der Waals surface area contributed by atoms with Gasteiger partial charge in [-0.3, -0.25) is 14.3 Å². The van der Waals surface area contributed by atoms with Gasteiger partial charge in [-0.15, -0.1) is 10.2 Å². The zero-order valence-corrected chi connectivity index (χ0v) is 19.8. The Morgan fingerprint density at radius 3 is 2.58 bits per heavy atom. The van der Waals surface area contributed by atoms with Gasteiger partial charge in [0.15, 0.2) is 11.0 Å². The van der Waals surface area contributed by atoms with Crippen molar-refractivity contribution in [3.8, 4) is 11.4 Å². The molecule has 1 atom stereocenters. The molecule has 1 unspecified atom stereocenters. The Kier molecular flexibility index (Phi) is 7.59. The number of amides is 1. The standard InChI is InChI=1S/C22H26ClN5O2S/c1-14-6-11-19(30-5)18(12-14)24-20(29)13-31-22-26-25-21(15(2)27(3)4)28(22)17-9-7-16(23)8-10-17/h6-12,15H,13H2,1-5H3,(H,24,29). The number of thioether (sulfide) groups is 1. The van der Waals surface area contributed by atoms with E-state index in [2.05, 4.69) is 27.3 Å². The topological polar surface area (TPSA) is 72.3 Å². The van der Waals surface area contributed by atoms with Gasteiger partial charge in [-0.25, -0.2) is 0 Å². The molecule has 31 heavy (non-hydrogen) atoms. The van der Waals surface area contributed by atoms with E-state index in [1.807, 2.05) is 68.1 Å². The molecule has 9 heteroatoms. The lowest BCUT2D eigenvalue weighted by molar-refractivity contribution is -0.113. The Labute approximate surface area is 191 Å². The zero-order chi connectivity index (χ0) is 22.5. The number of nitrogens with zero attached hydrogens (tertiary/aromatic N) is 4. The van der Waals surface area contributed by atoms with E-state index in [9.17, 15) is 4.79 Å². The molecule has 0 aliphatic carbocycles. The second-order valence-corrected chi connectivity index (χ2v) is 8.71. The maximum atomic E-state index is 12.6. The van der Waals surface area contributed by atoms with Crippen molar-refractivity contribution in [1.29, 1.82) is 0 Å². The molecule has 1 N–H and O–H groups in total. The van der Waals surface area contributed by atoms with Crippen molar-refractivity contribution in [2.24, 2.45) is 0 Å². The normalized spacial score (nSPS) is 12.1. The minimum Gasteiger partial charge on any atom is -0.495 e. The Bertz CT molecular complexity index is 1050. The third-order valence-electron chi connectivity index (χ3n) is 4.85. The lowest BCUT2D eigenvalue weighted by Crippen LogP contribution is -2.21. The predicted octanol–water partition coefficient (Wildman–Crippen LogP) is 4.59. The van der Waals surface area contributed by atoms with Crippen molar-refractivity contribution in [3.05, 3.63) is 58.9 Å². The van der Waals surface area contributed by atoms with Gasteiger partial charge < -0.3 is 10.1 Å². The van der Waals surface area contributed by atoms with Gasteiger partial charge >= 0.3 is 0 Å². The van der Waals surface area contributed by atoms with E-state index in [4.69, 9.17) is 16.3 Å². The van der Waals surface area contributed by atoms with Crippen LogP contribution in [-0.2, 0) is 4.79 Å². The minimum atomic E-state index is -0.151. The summed E-state index contributed by atoms with van der Waals surface area (Å²) >= 11 is 7.39. The average molecular weight is 460 g/mol. The van der Waals surface area contributed by atoms with Crippen LogP contribution in [-0.4, -0.2) is 52.5 Å². The molecule has 0 saturated carbocycles. The number of methoxy groups -OCH3 is 1. The largest absolute Gasteiger partial charge is 0.495 e. The molecule has 2 aromatic carbocycles. The summed E-state index contributed by atoms with van der Waals surface area (Å²) < 4.78 is 7.30. The highest BCUT2D eigenvalue weighted by atomic mass is 35.5. The molecule has 1 amide bonds. The number of aryl methyl sites for hydroxylation is 1. The molecule has 164 valence electrons. The summed E-state index contributed by atoms with van der Waals surface area (Å²) in [7, 11) is 5.55. The number of carbonyl (C=O) groups is 1. The first kappa shape index (κ1) is 23.1. The van der Waals surface area contributed by atoms with Crippen molar-refractivity contribution >= 4 is 35.0 Å². The number of ether oxygens (including phenoxy) is 1. The van der Waals surface area contributed by atoms with E-state index in [-0.39, 0.29) is 17.7 Å². The van der Waals surface area contributed by atoms with Crippen molar-refractivity contribution in [1.82, 2.24) is 19.7 Å². The predicted molar refractivity (Wildman–Crippen MR) is 126 cm³/mol. The van der Waals surface area contributed by atoms with Gasteiger partial charge in [0.25, 0.3) is 0 Å². The smallest absolute Gasteiger partial charge is 0.234 e. The fourth-order valence-electron chi connectivity index (χ4n) is 2.94. The summed E-state index contributed by atoms with van der Waals surface area (Å²) in [6.45, 7) is 4.02. The average Bonchev–Trinajstić information content (AvgIpc) is 3.16. The van der Waals surface area contributed by atoms with Gasteiger partial charge in [-0.05, 0) is 69.9 Å². The third-order valence-corrected chi connectivity index (χ3v) is 6.03. The second-order valence-electron chi connectivity index (χ2n) is 7.33. The first-order valence-electron chi connectivity index (χ1n) is 9.75. The Hall–Kier alpha value is -2.55. The van der Waals surface area contributed by atoms with E-state index < -0.39 is 0 Å². The number of rotatable bonds is 8. The van der Waals surface area contributed by atoms with Crippen molar-refractivity contribution in [3.63, 3.8) is 0 Å². The second kappa shape index (κ2) is 10.2. The molecule has 3 rings (SSSR count). The van der Waals surface area contributed by atoms with Crippen molar-refractivity contribution in [2.75, 3.05) is 32.3 Å². The van der Waals surface area contributed by atoms with Crippen LogP contribution in [0.1, 0.15) is 24.4 Å². The summed E-state index contributed by atoms with van der Waals surface area (Å²) in [4.78, 5) is 14.7. The Morgan fingerprint density at radius 2 is 1.94 bits per heavy atom. The van der Waals surface area contributed by atoms with Crippen LogP contribution in [0, 0.1) is 6.92 Å². The molecule has 7 nitrogen and oxygen atoms in total. The number of benzene rings is 2. The van der Waals surface area contributed by atoms with E-state index in [1.54, 1.807) is 7.11 Å². The van der Waals surface area contributed by atoms with Gasteiger partial charge in [0, 0.05) is 10.7 Å². The third kappa shape index (κ3) is 5.58. The molecule has 0 radical (unpaired) electrons. The summed E-state index contributed by atoms with van der Waals surface area (Å²) in [5, 5.41) is 13.0. The van der Waals surface area contributed by atoms with Crippen LogP contribution in [0.3, 0.4) is 0 Å². The fraction of sp³-hybridized carbons (Fsp3) is 0.318. The SMILES string of the molecule is COc1ccc(C)cc1NC(=O)CSc1nnc(C(C)N(C)C)n1-c1ccc(Cl)cc1. The lowest BCUT2D eigenvalue weighted by Gasteiger charge is -2.20. The van der Waals surface area contributed by atoms with Crippen LogP contribution in [0.2, 0.25) is 5.02 Å². The van der Waals surface area contributed by atoms with Crippen LogP contribution in [0.4, 0.5) is 5.69 Å². The molecule has 1 aromatic heterocycles. The van der Waals surface area contributed by atoms with Crippen molar-refractivity contribution < 1.29 is 9.53 Å².